The number of hydrogen-bond acceptors (Lipinski definition) is 3. The molecule has 1 aromatic carbocycles. The molecule has 1 aromatic heterocycles. The maximum Gasteiger partial charge on any atom is 0.254 e. The van der Waals surface area contributed by atoms with Crippen LogP contribution in [0.1, 0.15) is 36.0 Å². The number of nitrogens with zero attached hydrogens (tertiary/aromatic N) is 1. The summed E-state index contributed by atoms with van der Waals surface area (Å²) in [5.41, 5.74) is 1.52. The summed E-state index contributed by atoms with van der Waals surface area (Å²) in [5, 5.41) is 1.12. The first-order valence-electron chi connectivity index (χ1n) is 8.63. The molecule has 1 amide bonds. The van der Waals surface area contributed by atoms with E-state index in [0.29, 0.717) is 0 Å². The van der Waals surface area contributed by atoms with Gasteiger partial charge in [0.25, 0.3) is 5.91 Å². The Morgan fingerprint density at radius 2 is 2.17 bits per heavy atom. The molecule has 1 aliphatic heterocycles. The molecule has 1 aliphatic carbocycles. The SMILES string of the molecule is COC1CC[C@@]2(OC)CCN(C(=O)c3ccc4cc[nH]c4c3)C2C1. The van der Waals surface area contributed by atoms with Gasteiger partial charge in [-0.15, -0.1) is 0 Å². The average molecular weight is 328 g/mol. The molecule has 2 aromatic rings. The van der Waals surface area contributed by atoms with Gasteiger partial charge in [-0.05, 0) is 49.3 Å². The van der Waals surface area contributed by atoms with Crippen LogP contribution in [0.4, 0.5) is 0 Å². The molecule has 2 aliphatic rings. The van der Waals surface area contributed by atoms with Crippen molar-refractivity contribution >= 4 is 16.8 Å². The molecule has 0 bridgehead atoms. The van der Waals surface area contributed by atoms with Crippen molar-refractivity contribution in [3.63, 3.8) is 0 Å². The van der Waals surface area contributed by atoms with Crippen LogP contribution in [0, 0.1) is 0 Å². The van der Waals surface area contributed by atoms with Gasteiger partial charge in [0.2, 0.25) is 0 Å². The van der Waals surface area contributed by atoms with Crippen LogP contribution in [-0.4, -0.2) is 54.3 Å². The average Bonchev–Trinajstić information content (AvgIpc) is 3.24. The van der Waals surface area contributed by atoms with E-state index < -0.39 is 0 Å². The third kappa shape index (κ3) is 2.34. The molecule has 128 valence electrons. The Hall–Kier alpha value is -1.85. The summed E-state index contributed by atoms with van der Waals surface area (Å²) >= 11 is 0. The first-order chi connectivity index (χ1) is 11.7. The van der Waals surface area contributed by atoms with Crippen molar-refractivity contribution in [2.45, 2.75) is 43.4 Å². The highest BCUT2D eigenvalue weighted by Gasteiger charge is 2.52. The second-order valence-electron chi connectivity index (χ2n) is 6.95. The summed E-state index contributed by atoms with van der Waals surface area (Å²) in [7, 11) is 3.53. The Bertz CT molecular complexity index is 756. The second-order valence-corrected chi connectivity index (χ2v) is 6.95. The molecule has 5 nitrogen and oxygen atoms in total. The van der Waals surface area contributed by atoms with E-state index in [0.717, 1.165) is 48.7 Å². The number of aromatic nitrogens is 1. The molecule has 2 fully saturated rings. The van der Waals surface area contributed by atoms with Gasteiger partial charge < -0.3 is 19.4 Å². The van der Waals surface area contributed by atoms with Gasteiger partial charge in [-0.1, -0.05) is 6.07 Å². The maximum atomic E-state index is 13.1. The topological polar surface area (TPSA) is 54.6 Å². The highest BCUT2D eigenvalue weighted by atomic mass is 16.5. The van der Waals surface area contributed by atoms with Crippen molar-refractivity contribution in [2.24, 2.45) is 0 Å². The van der Waals surface area contributed by atoms with E-state index in [1.807, 2.05) is 35.4 Å². The van der Waals surface area contributed by atoms with Crippen LogP contribution in [0.25, 0.3) is 10.9 Å². The number of H-pyrrole nitrogens is 1. The van der Waals surface area contributed by atoms with Crippen molar-refractivity contribution in [1.29, 1.82) is 0 Å². The van der Waals surface area contributed by atoms with Gasteiger partial charge in [0, 0.05) is 38.0 Å². The second kappa shape index (κ2) is 5.90. The summed E-state index contributed by atoms with van der Waals surface area (Å²) in [4.78, 5) is 18.3. The number of benzene rings is 1. The van der Waals surface area contributed by atoms with Gasteiger partial charge in [0.1, 0.15) is 0 Å². The minimum atomic E-state index is -0.207. The highest BCUT2D eigenvalue weighted by molar-refractivity contribution is 5.98. The number of methoxy groups -OCH3 is 2. The molecular weight excluding hydrogens is 304 g/mol. The number of carbonyl (C=O) groups excluding carboxylic acids is 1. The lowest BCUT2D eigenvalue weighted by atomic mass is 9.79. The molecule has 3 atom stereocenters. The Balaban J connectivity index is 1.63. The standard InChI is InChI=1S/C19H24N2O3/c1-23-15-5-7-19(24-2)8-10-21(17(19)12-15)18(22)14-4-3-13-6-9-20-16(13)11-14/h3-4,6,9,11,15,17,20H,5,7-8,10,12H2,1-2H3/t15?,17?,19-/m1/s1. The third-order valence-electron chi connectivity index (χ3n) is 5.94. The first-order valence-corrected chi connectivity index (χ1v) is 8.63. The summed E-state index contributed by atoms with van der Waals surface area (Å²) in [6.45, 7) is 0.747. The van der Waals surface area contributed by atoms with E-state index in [9.17, 15) is 4.79 Å². The predicted octanol–water partition coefficient (Wildman–Crippen LogP) is 2.97. The van der Waals surface area contributed by atoms with E-state index in [-0.39, 0.29) is 23.7 Å². The maximum absolute atomic E-state index is 13.1. The number of likely N-dealkylation sites (tertiary alicyclic amines) is 1. The minimum absolute atomic E-state index is 0.0900. The lowest BCUT2D eigenvalue weighted by molar-refractivity contribution is -0.0893. The molecule has 4 rings (SSSR count). The largest absolute Gasteiger partial charge is 0.381 e. The zero-order chi connectivity index (χ0) is 16.7. The third-order valence-corrected chi connectivity index (χ3v) is 5.94. The number of rotatable bonds is 3. The lowest BCUT2D eigenvalue weighted by Gasteiger charge is -2.43. The fourth-order valence-corrected chi connectivity index (χ4v) is 4.47. The smallest absolute Gasteiger partial charge is 0.254 e. The number of carbonyl (C=O) groups is 1. The van der Waals surface area contributed by atoms with Gasteiger partial charge in [0.05, 0.1) is 17.7 Å². The minimum Gasteiger partial charge on any atom is -0.381 e. The first kappa shape index (κ1) is 15.7. The van der Waals surface area contributed by atoms with E-state index in [4.69, 9.17) is 9.47 Å². The number of amides is 1. The molecule has 0 radical (unpaired) electrons. The van der Waals surface area contributed by atoms with Crippen LogP contribution in [-0.2, 0) is 9.47 Å². The van der Waals surface area contributed by atoms with Crippen LogP contribution in [0.2, 0.25) is 0 Å². The highest BCUT2D eigenvalue weighted by Crippen LogP contribution is 2.43. The molecular formula is C19H24N2O3. The van der Waals surface area contributed by atoms with Crippen LogP contribution in [0.3, 0.4) is 0 Å². The van der Waals surface area contributed by atoms with Crippen molar-refractivity contribution < 1.29 is 14.3 Å². The molecule has 1 saturated carbocycles. The summed E-state index contributed by atoms with van der Waals surface area (Å²) in [6.07, 6.45) is 5.80. The van der Waals surface area contributed by atoms with Gasteiger partial charge in [-0.25, -0.2) is 0 Å². The molecule has 0 spiro atoms. The number of ether oxygens (including phenoxy) is 2. The normalized spacial score (nSPS) is 29.8. The van der Waals surface area contributed by atoms with E-state index in [1.54, 1.807) is 14.2 Å². The Morgan fingerprint density at radius 1 is 1.29 bits per heavy atom. The summed E-state index contributed by atoms with van der Waals surface area (Å²) < 4.78 is 11.5. The Kier molecular flexibility index (Phi) is 3.85. The van der Waals surface area contributed by atoms with Crippen LogP contribution < -0.4 is 0 Å². The molecule has 2 heterocycles. The van der Waals surface area contributed by atoms with Crippen LogP contribution in [0.15, 0.2) is 30.5 Å². The monoisotopic (exact) mass is 328 g/mol. The van der Waals surface area contributed by atoms with Crippen molar-refractivity contribution in [2.75, 3.05) is 20.8 Å². The lowest BCUT2D eigenvalue weighted by Crippen LogP contribution is -2.53. The summed E-state index contributed by atoms with van der Waals surface area (Å²) in [5.74, 6) is 0.0900. The van der Waals surface area contributed by atoms with Crippen LogP contribution >= 0.6 is 0 Å². The fraction of sp³-hybridized carbons (Fsp3) is 0.526. The van der Waals surface area contributed by atoms with Crippen LogP contribution in [0.5, 0.6) is 0 Å². The van der Waals surface area contributed by atoms with Crippen molar-refractivity contribution in [3.8, 4) is 0 Å². The predicted molar refractivity (Wildman–Crippen MR) is 92.1 cm³/mol. The number of fused-ring (bicyclic) bond motifs is 2. The van der Waals surface area contributed by atoms with E-state index in [1.165, 1.54) is 0 Å². The van der Waals surface area contributed by atoms with Gasteiger partial charge in [0.15, 0.2) is 0 Å². The van der Waals surface area contributed by atoms with Gasteiger partial charge >= 0.3 is 0 Å². The van der Waals surface area contributed by atoms with E-state index >= 15 is 0 Å². The number of hydrogen-bond donors (Lipinski definition) is 1. The Morgan fingerprint density at radius 3 is 2.96 bits per heavy atom. The molecule has 5 heteroatoms. The van der Waals surface area contributed by atoms with Gasteiger partial charge in [-0.3, -0.25) is 4.79 Å². The molecule has 2 unspecified atom stereocenters. The number of nitrogens with one attached hydrogen (secondary N) is 1. The quantitative estimate of drug-likeness (QED) is 0.942. The van der Waals surface area contributed by atoms with E-state index in [2.05, 4.69) is 4.98 Å². The zero-order valence-corrected chi connectivity index (χ0v) is 14.2. The number of aromatic amines is 1. The van der Waals surface area contributed by atoms with Gasteiger partial charge in [-0.2, -0.15) is 0 Å². The Labute approximate surface area is 141 Å². The van der Waals surface area contributed by atoms with Crippen molar-refractivity contribution in [3.05, 3.63) is 36.0 Å². The molecule has 24 heavy (non-hydrogen) atoms. The summed E-state index contributed by atoms with van der Waals surface area (Å²) in [6, 6.07) is 7.97. The molecule has 1 saturated heterocycles. The fourth-order valence-electron chi connectivity index (χ4n) is 4.47. The van der Waals surface area contributed by atoms with Crippen molar-refractivity contribution in [1.82, 2.24) is 9.88 Å². The molecule has 1 N–H and O–H groups in total. The zero-order valence-electron chi connectivity index (χ0n) is 14.2.